The number of aliphatic hydroxyl groups is 1. The molecule has 1 aliphatic heterocycles. The second-order valence-corrected chi connectivity index (χ2v) is 7.68. The Labute approximate surface area is 185 Å². The van der Waals surface area contributed by atoms with E-state index in [1.807, 2.05) is 61.5 Å². The van der Waals surface area contributed by atoms with Crippen LogP contribution in [0.1, 0.15) is 23.6 Å². The third kappa shape index (κ3) is 4.60. The lowest BCUT2D eigenvalue weighted by Gasteiger charge is -2.35. The van der Waals surface area contributed by atoms with E-state index in [4.69, 9.17) is 0 Å². The monoisotopic (exact) mass is 436 g/mol. The summed E-state index contributed by atoms with van der Waals surface area (Å²) in [5.41, 5.74) is 4.52. The minimum absolute atomic E-state index is 0.0121. The van der Waals surface area contributed by atoms with Gasteiger partial charge < -0.3 is 10.0 Å². The number of nitrogens with zero attached hydrogens (tertiary/aromatic N) is 2. The van der Waals surface area contributed by atoms with E-state index >= 15 is 0 Å². The van der Waals surface area contributed by atoms with Crippen molar-refractivity contribution < 1.29 is 18.3 Å². The van der Waals surface area contributed by atoms with Gasteiger partial charge in [0, 0.05) is 35.6 Å². The molecule has 1 N–H and O–H groups in total. The molecule has 0 saturated heterocycles. The van der Waals surface area contributed by atoms with Crippen molar-refractivity contribution in [3.05, 3.63) is 102 Å². The molecular weight excluding hydrogens is 413 g/mol. The SMILES string of the molecule is CC1C=C(c2ccc(C(F)(F)F)cc2)C=C(c2ccnc(-c3ccccc3)c2)N1CCO. The van der Waals surface area contributed by atoms with E-state index < -0.39 is 11.7 Å². The Bertz CT molecular complexity index is 1140. The summed E-state index contributed by atoms with van der Waals surface area (Å²) < 4.78 is 38.9. The molecule has 3 aromatic rings. The highest BCUT2D eigenvalue weighted by Crippen LogP contribution is 2.35. The first kappa shape index (κ1) is 21.8. The van der Waals surface area contributed by atoms with Gasteiger partial charge >= 0.3 is 6.18 Å². The molecule has 3 nitrogen and oxygen atoms in total. The van der Waals surface area contributed by atoms with Crippen LogP contribution in [0.4, 0.5) is 13.2 Å². The molecule has 0 amide bonds. The van der Waals surface area contributed by atoms with Crippen LogP contribution in [0.2, 0.25) is 0 Å². The standard InChI is InChI=1S/C26H23F3N2O/c1-18-15-22(19-7-9-23(10-8-19)26(27,28)29)17-25(31(18)13-14-32)21-11-12-30-24(16-21)20-5-3-2-4-6-20/h2-12,15-18,32H,13-14H2,1H3. The molecule has 32 heavy (non-hydrogen) atoms. The summed E-state index contributed by atoms with van der Waals surface area (Å²) in [4.78, 5) is 6.57. The van der Waals surface area contributed by atoms with Crippen LogP contribution in [0.3, 0.4) is 0 Å². The Morgan fingerprint density at radius 1 is 0.938 bits per heavy atom. The highest BCUT2D eigenvalue weighted by atomic mass is 19.4. The van der Waals surface area contributed by atoms with E-state index in [1.54, 1.807) is 6.20 Å². The molecule has 0 fully saturated rings. The molecule has 4 rings (SSSR count). The Morgan fingerprint density at radius 3 is 2.31 bits per heavy atom. The fourth-order valence-corrected chi connectivity index (χ4v) is 3.92. The van der Waals surface area contributed by atoms with Gasteiger partial charge in [0.25, 0.3) is 0 Å². The van der Waals surface area contributed by atoms with Crippen LogP contribution in [0.5, 0.6) is 0 Å². The predicted molar refractivity (Wildman–Crippen MR) is 120 cm³/mol. The average molecular weight is 436 g/mol. The fraction of sp³-hybridized carbons (Fsp3) is 0.192. The van der Waals surface area contributed by atoms with Gasteiger partial charge in [-0.15, -0.1) is 0 Å². The largest absolute Gasteiger partial charge is 0.416 e. The summed E-state index contributed by atoms with van der Waals surface area (Å²) in [7, 11) is 0. The van der Waals surface area contributed by atoms with Crippen LogP contribution in [0.15, 0.2) is 85.1 Å². The van der Waals surface area contributed by atoms with E-state index in [0.717, 1.165) is 40.2 Å². The van der Waals surface area contributed by atoms with Crippen LogP contribution in [0, 0.1) is 0 Å². The molecule has 0 aliphatic carbocycles. The summed E-state index contributed by atoms with van der Waals surface area (Å²) in [6.07, 6.45) is 1.34. The number of allylic oxidation sites excluding steroid dienone is 2. The molecule has 0 bridgehead atoms. The zero-order valence-electron chi connectivity index (χ0n) is 17.6. The van der Waals surface area contributed by atoms with Crippen molar-refractivity contribution in [3.63, 3.8) is 0 Å². The van der Waals surface area contributed by atoms with E-state index in [2.05, 4.69) is 9.88 Å². The van der Waals surface area contributed by atoms with Crippen molar-refractivity contribution in [3.8, 4) is 11.3 Å². The van der Waals surface area contributed by atoms with Crippen molar-refractivity contribution in [2.75, 3.05) is 13.2 Å². The Kier molecular flexibility index (Phi) is 6.15. The first-order valence-corrected chi connectivity index (χ1v) is 10.4. The Hall–Kier alpha value is -3.38. The average Bonchev–Trinajstić information content (AvgIpc) is 2.80. The Morgan fingerprint density at radius 2 is 1.66 bits per heavy atom. The predicted octanol–water partition coefficient (Wildman–Crippen LogP) is 5.89. The van der Waals surface area contributed by atoms with E-state index in [-0.39, 0.29) is 12.6 Å². The molecule has 2 aromatic carbocycles. The molecular formula is C26H23F3N2O. The lowest BCUT2D eigenvalue weighted by Crippen LogP contribution is -2.34. The van der Waals surface area contributed by atoms with Gasteiger partial charge in [-0.1, -0.05) is 48.5 Å². The minimum atomic E-state index is -4.36. The number of halogens is 3. The van der Waals surface area contributed by atoms with Crippen molar-refractivity contribution in [1.82, 2.24) is 9.88 Å². The topological polar surface area (TPSA) is 36.4 Å². The molecule has 2 heterocycles. The highest BCUT2D eigenvalue weighted by molar-refractivity contribution is 5.86. The number of hydrogen-bond acceptors (Lipinski definition) is 3. The van der Waals surface area contributed by atoms with Gasteiger partial charge in [0.1, 0.15) is 0 Å². The van der Waals surface area contributed by atoms with Crippen molar-refractivity contribution in [1.29, 1.82) is 0 Å². The molecule has 1 atom stereocenters. The van der Waals surface area contributed by atoms with E-state index in [1.165, 1.54) is 12.1 Å². The van der Waals surface area contributed by atoms with Crippen molar-refractivity contribution >= 4 is 11.3 Å². The van der Waals surface area contributed by atoms with Gasteiger partial charge in [0.15, 0.2) is 0 Å². The third-order valence-corrected chi connectivity index (χ3v) is 5.53. The lowest BCUT2D eigenvalue weighted by atomic mass is 9.94. The number of rotatable bonds is 5. The molecule has 1 aliphatic rings. The smallest absolute Gasteiger partial charge is 0.395 e. The Balaban J connectivity index is 1.75. The van der Waals surface area contributed by atoms with Gasteiger partial charge in [-0.05, 0) is 48.4 Å². The molecule has 1 unspecified atom stereocenters. The lowest BCUT2D eigenvalue weighted by molar-refractivity contribution is -0.137. The number of pyridine rings is 1. The second kappa shape index (κ2) is 9.01. The number of benzene rings is 2. The van der Waals surface area contributed by atoms with Crippen molar-refractivity contribution in [2.45, 2.75) is 19.1 Å². The van der Waals surface area contributed by atoms with Gasteiger partial charge in [-0.2, -0.15) is 13.2 Å². The number of aliphatic hydroxyl groups excluding tert-OH is 1. The van der Waals surface area contributed by atoms with Gasteiger partial charge in [-0.3, -0.25) is 4.98 Å². The maximum atomic E-state index is 13.0. The fourth-order valence-electron chi connectivity index (χ4n) is 3.92. The zero-order valence-corrected chi connectivity index (χ0v) is 17.6. The van der Waals surface area contributed by atoms with Crippen LogP contribution >= 0.6 is 0 Å². The number of alkyl halides is 3. The zero-order chi connectivity index (χ0) is 22.7. The van der Waals surface area contributed by atoms with Gasteiger partial charge in [0.2, 0.25) is 0 Å². The van der Waals surface area contributed by atoms with Crippen LogP contribution < -0.4 is 0 Å². The highest BCUT2D eigenvalue weighted by Gasteiger charge is 2.30. The molecule has 164 valence electrons. The summed E-state index contributed by atoms with van der Waals surface area (Å²) in [6, 6.07) is 18.9. The van der Waals surface area contributed by atoms with Crippen LogP contribution in [0.25, 0.3) is 22.5 Å². The first-order valence-electron chi connectivity index (χ1n) is 10.4. The maximum absolute atomic E-state index is 13.0. The molecule has 6 heteroatoms. The van der Waals surface area contributed by atoms with Crippen LogP contribution in [-0.2, 0) is 6.18 Å². The number of β-amino-alcohol motifs (C(OH)–C–C–N with tert-alkyl or cyclic N) is 1. The van der Waals surface area contributed by atoms with Crippen LogP contribution in [-0.4, -0.2) is 34.2 Å². The molecule has 1 aromatic heterocycles. The van der Waals surface area contributed by atoms with E-state index in [0.29, 0.717) is 12.1 Å². The summed E-state index contributed by atoms with van der Waals surface area (Å²) in [5.74, 6) is 0. The normalized spacial score (nSPS) is 16.5. The summed E-state index contributed by atoms with van der Waals surface area (Å²) in [5, 5.41) is 9.61. The number of aromatic nitrogens is 1. The van der Waals surface area contributed by atoms with Gasteiger partial charge in [0.05, 0.1) is 17.9 Å². The molecule has 0 saturated carbocycles. The maximum Gasteiger partial charge on any atom is 0.416 e. The molecule has 0 spiro atoms. The quantitative estimate of drug-likeness (QED) is 0.542. The second-order valence-electron chi connectivity index (χ2n) is 7.68. The summed E-state index contributed by atoms with van der Waals surface area (Å²) in [6.45, 7) is 2.43. The molecule has 0 radical (unpaired) electrons. The first-order chi connectivity index (χ1) is 15.4. The summed E-state index contributed by atoms with van der Waals surface area (Å²) >= 11 is 0. The third-order valence-electron chi connectivity index (χ3n) is 5.53. The van der Waals surface area contributed by atoms with E-state index in [9.17, 15) is 18.3 Å². The minimum Gasteiger partial charge on any atom is -0.395 e. The van der Waals surface area contributed by atoms with Crippen molar-refractivity contribution in [2.24, 2.45) is 0 Å². The number of hydrogen-bond donors (Lipinski definition) is 1. The van der Waals surface area contributed by atoms with Gasteiger partial charge in [-0.25, -0.2) is 0 Å².